The summed E-state index contributed by atoms with van der Waals surface area (Å²) in [5, 5.41) is 4.06. The molecule has 0 aromatic heterocycles. The smallest absolute Gasteiger partial charge is 0.241 e. The summed E-state index contributed by atoms with van der Waals surface area (Å²) in [5.41, 5.74) is 2.03. The maximum Gasteiger partial charge on any atom is 0.241 e. The van der Waals surface area contributed by atoms with Crippen LogP contribution in [0.5, 0.6) is 0 Å². The zero-order chi connectivity index (χ0) is 15.1. The van der Waals surface area contributed by atoms with Crippen molar-refractivity contribution in [3.05, 3.63) is 28.8 Å². The van der Waals surface area contributed by atoms with Gasteiger partial charge in [-0.15, -0.1) is 0 Å². The molecule has 0 aliphatic heterocycles. The van der Waals surface area contributed by atoms with Crippen LogP contribution in [0.25, 0.3) is 0 Å². The molecule has 0 saturated heterocycles. The zero-order valence-corrected chi connectivity index (χ0v) is 13.5. The molecule has 0 unspecified atom stereocenters. The molecule has 112 valence electrons. The van der Waals surface area contributed by atoms with Crippen molar-refractivity contribution in [3.63, 3.8) is 0 Å². The van der Waals surface area contributed by atoms with Gasteiger partial charge in [0, 0.05) is 38.4 Å². The van der Waals surface area contributed by atoms with Gasteiger partial charge in [0.15, 0.2) is 0 Å². The van der Waals surface area contributed by atoms with E-state index in [-0.39, 0.29) is 5.91 Å². The number of anilines is 1. The Hall–Kier alpha value is -1.26. The lowest BCUT2D eigenvalue weighted by molar-refractivity contribution is -0.127. The molecule has 1 N–H and O–H groups in total. The number of carbonyl (C=O) groups excluding carboxylic acids is 1. The van der Waals surface area contributed by atoms with Crippen molar-refractivity contribution in [1.82, 2.24) is 10.2 Å². The van der Waals surface area contributed by atoms with Gasteiger partial charge in [-0.05, 0) is 30.7 Å². The van der Waals surface area contributed by atoms with E-state index in [1.807, 2.05) is 30.1 Å². The van der Waals surface area contributed by atoms with Crippen LogP contribution in [0.1, 0.15) is 18.9 Å². The molecule has 1 amide bonds. The van der Waals surface area contributed by atoms with E-state index in [9.17, 15) is 4.79 Å². The summed E-state index contributed by atoms with van der Waals surface area (Å²) in [6.45, 7) is 4.23. The summed E-state index contributed by atoms with van der Waals surface area (Å²) >= 11 is 6.29. The van der Waals surface area contributed by atoms with Crippen LogP contribution in [0.15, 0.2) is 18.2 Å². The number of benzene rings is 1. The summed E-state index contributed by atoms with van der Waals surface area (Å²) in [5.74, 6) is 0.0670. The monoisotopic (exact) mass is 297 g/mol. The average molecular weight is 298 g/mol. The lowest BCUT2D eigenvalue weighted by Gasteiger charge is -2.21. The first kappa shape index (κ1) is 16.8. The van der Waals surface area contributed by atoms with Gasteiger partial charge in [-0.1, -0.05) is 24.6 Å². The quantitative estimate of drug-likeness (QED) is 0.785. The Labute approximate surface area is 126 Å². The third-order valence-corrected chi connectivity index (χ3v) is 3.44. The number of hydrogen-bond acceptors (Lipinski definition) is 3. The van der Waals surface area contributed by atoms with Crippen LogP contribution < -0.4 is 10.2 Å². The molecule has 1 rings (SSSR count). The lowest BCUT2D eigenvalue weighted by atomic mass is 10.2. The molecule has 1 aromatic carbocycles. The van der Waals surface area contributed by atoms with E-state index in [0.717, 1.165) is 35.8 Å². The molecule has 0 fully saturated rings. The van der Waals surface area contributed by atoms with E-state index in [1.54, 1.807) is 19.0 Å². The van der Waals surface area contributed by atoms with Gasteiger partial charge < -0.3 is 15.1 Å². The van der Waals surface area contributed by atoms with Crippen LogP contribution in [-0.4, -0.2) is 45.0 Å². The Balaban J connectivity index is 2.68. The van der Waals surface area contributed by atoms with Crippen molar-refractivity contribution in [3.8, 4) is 0 Å². The molecule has 4 nitrogen and oxygen atoms in total. The summed E-state index contributed by atoms with van der Waals surface area (Å²) in [6.07, 6.45) is 1.10. The second-order valence-electron chi connectivity index (χ2n) is 5.10. The fourth-order valence-electron chi connectivity index (χ4n) is 1.75. The predicted molar refractivity (Wildman–Crippen MR) is 85.4 cm³/mol. The van der Waals surface area contributed by atoms with Gasteiger partial charge in [-0.25, -0.2) is 0 Å². The van der Waals surface area contributed by atoms with Crippen LogP contribution in [0.4, 0.5) is 5.69 Å². The van der Waals surface area contributed by atoms with E-state index >= 15 is 0 Å². The number of amides is 1. The number of hydrogen-bond donors (Lipinski definition) is 1. The van der Waals surface area contributed by atoms with Crippen LogP contribution in [0.2, 0.25) is 5.02 Å². The molecule has 0 heterocycles. The fraction of sp³-hybridized carbons (Fsp3) is 0.533. The third kappa shape index (κ3) is 5.02. The Morgan fingerprint density at radius 3 is 2.55 bits per heavy atom. The minimum atomic E-state index is 0.0670. The fourth-order valence-corrected chi connectivity index (χ4v) is 1.99. The predicted octanol–water partition coefficient (Wildman–Crippen LogP) is 2.36. The molecule has 0 aliphatic rings. The molecule has 0 radical (unpaired) electrons. The average Bonchev–Trinajstić information content (AvgIpc) is 2.40. The van der Waals surface area contributed by atoms with Crippen LogP contribution in [0.3, 0.4) is 0 Å². The number of nitrogens with one attached hydrogen (secondary N) is 1. The van der Waals surface area contributed by atoms with Crippen LogP contribution in [-0.2, 0) is 11.3 Å². The first-order valence-corrected chi connectivity index (χ1v) is 7.24. The number of likely N-dealkylation sites (N-methyl/N-ethyl adjacent to an activating group) is 2. The standard InChI is InChI=1S/C15H24ClN3O/c1-5-8-17-10-12-6-7-13(9-14(12)16)19(4)11-15(20)18(2)3/h6-7,9,17H,5,8,10-11H2,1-4H3. The third-order valence-electron chi connectivity index (χ3n) is 3.09. The van der Waals surface area contributed by atoms with Gasteiger partial charge in [-0.2, -0.15) is 0 Å². The van der Waals surface area contributed by atoms with Crippen LogP contribution in [0, 0.1) is 0 Å². The number of rotatable bonds is 7. The topological polar surface area (TPSA) is 35.6 Å². The highest BCUT2D eigenvalue weighted by molar-refractivity contribution is 6.31. The molecule has 0 saturated carbocycles. The molecule has 5 heteroatoms. The Bertz CT molecular complexity index is 449. The highest BCUT2D eigenvalue weighted by atomic mass is 35.5. The van der Waals surface area contributed by atoms with Crippen molar-refractivity contribution >= 4 is 23.2 Å². The van der Waals surface area contributed by atoms with Crippen LogP contribution >= 0.6 is 11.6 Å². The zero-order valence-electron chi connectivity index (χ0n) is 12.7. The maximum atomic E-state index is 11.7. The van der Waals surface area contributed by atoms with Crippen molar-refractivity contribution in [2.75, 3.05) is 39.1 Å². The molecular formula is C15H24ClN3O. The highest BCUT2D eigenvalue weighted by Crippen LogP contribution is 2.23. The summed E-state index contributed by atoms with van der Waals surface area (Å²) in [7, 11) is 5.40. The minimum Gasteiger partial charge on any atom is -0.365 e. The molecule has 20 heavy (non-hydrogen) atoms. The van der Waals surface area contributed by atoms with Gasteiger partial charge in [0.1, 0.15) is 0 Å². The van der Waals surface area contributed by atoms with E-state index in [2.05, 4.69) is 12.2 Å². The van der Waals surface area contributed by atoms with Gasteiger partial charge in [0.2, 0.25) is 5.91 Å². The maximum absolute atomic E-state index is 11.7. The highest BCUT2D eigenvalue weighted by Gasteiger charge is 2.10. The largest absolute Gasteiger partial charge is 0.365 e. The Kier molecular flexibility index (Phi) is 6.82. The van der Waals surface area contributed by atoms with Crippen molar-refractivity contribution in [1.29, 1.82) is 0 Å². The minimum absolute atomic E-state index is 0.0670. The van der Waals surface area contributed by atoms with Crippen molar-refractivity contribution in [2.24, 2.45) is 0 Å². The number of halogens is 1. The molecule has 0 aliphatic carbocycles. The van der Waals surface area contributed by atoms with E-state index in [1.165, 1.54) is 0 Å². The first-order chi connectivity index (χ1) is 9.45. The Morgan fingerprint density at radius 2 is 2.00 bits per heavy atom. The van der Waals surface area contributed by atoms with E-state index in [0.29, 0.717) is 6.54 Å². The first-order valence-electron chi connectivity index (χ1n) is 6.86. The SMILES string of the molecule is CCCNCc1ccc(N(C)CC(=O)N(C)C)cc1Cl. The number of carbonyl (C=O) groups is 1. The van der Waals surface area contributed by atoms with Crippen molar-refractivity contribution in [2.45, 2.75) is 19.9 Å². The molecule has 0 spiro atoms. The van der Waals surface area contributed by atoms with Gasteiger partial charge >= 0.3 is 0 Å². The summed E-state index contributed by atoms with van der Waals surface area (Å²) < 4.78 is 0. The van der Waals surface area contributed by atoms with E-state index in [4.69, 9.17) is 11.6 Å². The van der Waals surface area contributed by atoms with E-state index < -0.39 is 0 Å². The van der Waals surface area contributed by atoms with Crippen molar-refractivity contribution < 1.29 is 4.79 Å². The molecule has 0 atom stereocenters. The van der Waals surface area contributed by atoms with Gasteiger partial charge in [0.05, 0.1) is 6.54 Å². The van der Waals surface area contributed by atoms with Gasteiger partial charge in [0.25, 0.3) is 0 Å². The number of nitrogens with zero attached hydrogens (tertiary/aromatic N) is 2. The normalized spacial score (nSPS) is 10.4. The Morgan fingerprint density at radius 1 is 1.30 bits per heavy atom. The second kappa shape index (κ2) is 8.12. The van der Waals surface area contributed by atoms with Gasteiger partial charge in [-0.3, -0.25) is 4.79 Å². The summed E-state index contributed by atoms with van der Waals surface area (Å²) in [4.78, 5) is 15.2. The molecular weight excluding hydrogens is 274 g/mol. The summed E-state index contributed by atoms with van der Waals surface area (Å²) in [6, 6.07) is 5.92. The lowest BCUT2D eigenvalue weighted by Crippen LogP contribution is -2.34. The molecule has 1 aromatic rings. The second-order valence-corrected chi connectivity index (χ2v) is 5.50. The molecule has 0 bridgehead atoms.